The average Bonchev–Trinajstić information content (AvgIpc) is 2.28. The number of amides is 1. The van der Waals surface area contributed by atoms with Crippen LogP contribution in [0.5, 0.6) is 0 Å². The number of rotatable bonds is 5. The van der Waals surface area contributed by atoms with Gasteiger partial charge in [0.2, 0.25) is 5.91 Å². The van der Waals surface area contributed by atoms with Crippen molar-refractivity contribution in [1.82, 2.24) is 14.3 Å². The van der Waals surface area contributed by atoms with Crippen LogP contribution in [0.2, 0.25) is 0 Å². The van der Waals surface area contributed by atoms with E-state index in [1.54, 1.807) is 0 Å². The molecule has 0 spiro atoms. The fraction of sp³-hybridized carbons (Fsp3) is 0.778. The molecule has 96 valence electrons. The summed E-state index contributed by atoms with van der Waals surface area (Å²) in [6, 6.07) is 1.16. The first-order chi connectivity index (χ1) is 7.97. The van der Waals surface area contributed by atoms with E-state index in [9.17, 15) is 13.2 Å². The van der Waals surface area contributed by atoms with E-state index in [-0.39, 0.29) is 18.9 Å². The Morgan fingerprint density at radius 2 is 2.35 bits per heavy atom. The van der Waals surface area contributed by atoms with Crippen molar-refractivity contribution in [3.8, 4) is 6.07 Å². The molecule has 1 amide bonds. The number of hydrogen-bond acceptors (Lipinski definition) is 4. The van der Waals surface area contributed by atoms with Gasteiger partial charge in [0.15, 0.2) is 0 Å². The minimum Gasteiger partial charge on any atom is -0.355 e. The van der Waals surface area contributed by atoms with E-state index in [0.29, 0.717) is 13.0 Å². The largest absolute Gasteiger partial charge is 0.355 e. The molecule has 0 bridgehead atoms. The van der Waals surface area contributed by atoms with Crippen LogP contribution in [0, 0.1) is 11.3 Å². The predicted molar refractivity (Wildman–Crippen MR) is 60.9 cm³/mol. The maximum absolute atomic E-state index is 11.8. The molecule has 1 heterocycles. The number of carbonyl (C=O) groups excluding carboxylic acids is 1. The molecule has 1 aliphatic heterocycles. The second-order valence-corrected chi connectivity index (χ2v) is 5.65. The SMILES string of the molecule is CN(CCC#N)S(=O)(=O)NC1CCCNC1=O. The van der Waals surface area contributed by atoms with Crippen LogP contribution < -0.4 is 10.0 Å². The van der Waals surface area contributed by atoms with Crippen molar-refractivity contribution >= 4 is 16.1 Å². The van der Waals surface area contributed by atoms with E-state index < -0.39 is 16.3 Å². The van der Waals surface area contributed by atoms with Gasteiger partial charge in [-0.05, 0) is 12.8 Å². The van der Waals surface area contributed by atoms with Crippen molar-refractivity contribution in [3.63, 3.8) is 0 Å². The van der Waals surface area contributed by atoms with E-state index in [1.807, 2.05) is 6.07 Å². The van der Waals surface area contributed by atoms with Crippen LogP contribution in [0.1, 0.15) is 19.3 Å². The van der Waals surface area contributed by atoms with Gasteiger partial charge in [0.05, 0.1) is 6.07 Å². The lowest BCUT2D eigenvalue weighted by atomic mass is 10.1. The molecule has 0 aromatic carbocycles. The number of nitrogens with one attached hydrogen (secondary N) is 2. The molecule has 0 aromatic heterocycles. The van der Waals surface area contributed by atoms with Gasteiger partial charge in [0, 0.05) is 26.6 Å². The Bertz CT molecular complexity index is 414. The predicted octanol–water partition coefficient (Wildman–Crippen LogP) is -1.06. The van der Waals surface area contributed by atoms with E-state index >= 15 is 0 Å². The third kappa shape index (κ3) is 3.96. The maximum atomic E-state index is 11.8. The summed E-state index contributed by atoms with van der Waals surface area (Å²) in [6.07, 6.45) is 1.37. The summed E-state index contributed by atoms with van der Waals surface area (Å²) in [6.45, 7) is 0.696. The zero-order valence-corrected chi connectivity index (χ0v) is 10.5. The third-order valence-corrected chi connectivity index (χ3v) is 4.11. The molecular weight excluding hydrogens is 244 g/mol. The van der Waals surface area contributed by atoms with Crippen molar-refractivity contribution in [2.75, 3.05) is 20.1 Å². The van der Waals surface area contributed by atoms with Gasteiger partial charge in [-0.3, -0.25) is 4.79 Å². The highest BCUT2D eigenvalue weighted by molar-refractivity contribution is 7.87. The molecule has 17 heavy (non-hydrogen) atoms. The molecule has 0 aromatic rings. The zero-order chi connectivity index (χ0) is 12.9. The van der Waals surface area contributed by atoms with Crippen molar-refractivity contribution < 1.29 is 13.2 Å². The lowest BCUT2D eigenvalue weighted by molar-refractivity contribution is -0.124. The summed E-state index contributed by atoms with van der Waals surface area (Å²) in [5.41, 5.74) is 0. The molecule has 7 nitrogen and oxygen atoms in total. The van der Waals surface area contributed by atoms with E-state index in [0.717, 1.165) is 10.7 Å². The molecule has 1 rings (SSSR count). The Balaban J connectivity index is 2.59. The number of hydrogen-bond donors (Lipinski definition) is 2. The van der Waals surface area contributed by atoms with Gasteiger partial charge in [-0.15, -0.1) is 0 Å². The standard InChI is InChI=1S/C9H16N4O3S/c1-13(7-3-5-10)17(15,16)12-8-4-2-6-11-9(8)14/h8,12H,2-4,6-7H2,1H3,(H,11,14). The molecule has 8 heteroatoms. The molecular formula is C9H16N4O3S. The second-order valence-electron chi connectivity index (χ2n) is 3.84. The highest BCUT2D eigenvalue weighted by Crippen LogP contribution is 2.06. The molecule has 0 saturated carbocycles. The molecule has 1 saturated heterocycles. The van der Waals surface area contributed by atoms with Gasteiger partial charge in [0.25, 0.3) is 10.2 Å². The normalized spacial score (nSPS) is 21.0. The maximum Gasteiger partial charge on any atom is 0.279 e. The van der Waals surface area contributed by atoms with Crippen LogP contribution >= 0.6 is 0 Å². The molecule has 1 aliphatic rings. The Hall–Kier alpha value is -1.17. The molecule has 1 atom stereocenters. The Labute approximate surface area is 101 Å². The molecule has 2 N–H and O–H groups in total. The Kier molecular flexibility index (Phi) is 4.86. The Morgan fingerprint density at radius 1 is 1.65 bits per heavy atom. The fourth-order valence-corrected chi connectivity index (χ4v) is 2.58. The number of nitrogens with zero attached hydrogens (tertiary/aromatic N) is 2. The summed E-state index contributed by atoms with van der Waals surface area (Å²) in [5.74, 6) is -0.298. The van der Waals surface area contributed by atoms with Crippen LogP contribution in [0.25, 0.3) is 0 Å². The first-order valence-corrected chi connectivity index (χ1v) is 6.79. The van der Waals surface area contributed by atoms with Gasteiger partial charge in [-0.25, -0.2) is 0 Å². The summed E-state index contributed by atoms with van der Waals surface area (Å²) < 4.78 is 26.9. The summed E-state index contributed by atoms with van der Waals surface area (Å²) in [5, 5.41) is 11.0. The minimum atomic E-state index is -3.69. The monoisotopic (exact) mass is 260 g/mol. The minimum absolute atomic E-state index is 0.111. The van der Waals surface area contributed by atoms with E-state index in [4.69, 9.17) is 5.26 Å². The van der Waals surface area contributed by atoms with Gasteiger partial charge in [-0.1, -0.05) is 0 Å². The van der Waals surface area contributed by atoms with Crippen LogP contribution in [0.15, 0.2) is 0 Å². The summed E-state index contributed by atoms with van der Waals surface area (Å²) in [7, 11) is -2.32. The Morgan fingerprint density at radius 3 is 2.94 bits per heavy atom. The summed E-state index contributed by atoms with van der Waals surface area (Å²) in [4.78, 5) is 11.4. The van der Waals surface area contributed by atoms with Crippen LogP contribution in [0.4, 0.5) is 0 Å². The van der Waals surface area contributed by atoms with Crippen LogP contribution in [-0.4, -0.2) is 44.8 Å². The fourth-order valence-electron chi connectivity index (χ4n) is 1.48. The van der Waals surface area contributed by atoms with E-state index in [1.165, 1.54) is 7.05 Å². The zero-order valence-electron chi connectivity index (χ0n) is 9.64. The quantitative estimate of drug-likeness (QED) is 0.658. The number of carbonyl (C=O) groups is 1. The summed E-state index contributed by atoms with van der Waals surface area (Å²) >= 11 is 0. The van der Waals surface area contributed by atoms with Crippen LogP contribution in [0.3, 0.4) is 0 Å². The van der Waals surface area contributed by atoms with Crippen molar-refractivity contribution in [2.45, 2.75) is 25.3 Å². The molecule has 1 fully saturated rings. The lowest BCUT2D eigenvalue weighted by Gasteiger charge is -2.25. The van der Waals surface area contributed by atoms with E-state index in [2.05, 4.69) is 10.0 Å². The highest BCUT2D eigenvalue weighted by Gasteiger charge is 2.28. The first kappa shape index (κ1) is 13.9. The number of piperidine rings is 1. The lowest BCUT2D eigenvalue weighted by Crippen LogP contribution is -2.53. The van der Waals surface area contributed by atoms with Gasteiger partial charge < -0.3 is 5.32 Å². The van der Waals surface area contributed by atoms with Gasteiger partial charge in [0.1, 0.15) is 6.04 Å². The van der Waals surface area contributed by atoms with Crippen molar-refractivity contribution in [1.29, 1.82) is 5.26 Å². The molecule has 0 aliphatic carbocycles. The van der Waals surface area contributed by atoms with Crippen molar-refractivity contribution in [3.05, 3.63) is 0 Å². The molecule has 0 radical (unpaired) electrons. The third-order valence-electron chi connectivity index (χ3n) is 2.53. The average molecular weight is 260 g/mol. The first-order valence-electron chi connectivity index (χ1n) is 5.35. The number of nitriles is 1. The van der Waals surface area contributed by atoms with Crippen molar-refractivity contribution in [2.24, 2.45) is 0 Å². The molecule has 1 unspecified atom stereocenters. The van der Waals surface area contributed by atoms with Gasteiger partial charge >= 0.3 is 0 Å². The smallest absolute Gasteiger partial charge is 0.279 e. The highest BCUT2D eigenvalue weighted by atomic mass is 32.2. The van der Waals surface area contributed by atoms with Gasteiger partial charge in [-0.2, -0.15) is 22.7 Å². The van der Waals surface area contributed by atoms with Crippen LogP contribution in [-0.2, 0) is 15.0 Å². The second kappa shape index (κ2) is 5.95. The topological polar surface area (TPSA) is 102 Å².